The Balaban J connectivity index is 2.02. The minimum absolute atomic E-state index is 0.0776. The normalized spacial score (nSPS) is 11.5. The first kappa shape index (κ1) is 14.9. The van der Waals surface area contributed by atoms with E-state index in [1.54, 1.807) is 15.0 Å². The molecule has 24 heavy (non-hydrogen) atoms. The Morgan fingerprint density at radius 2 is 1.92 bits per heavy atom. The molecule has 122 valence electrons. The molecular formula is C17H16N4O2S. The molecular weight excluding hydrogens is 324 g/mol. The van der Waals surface area contributed by atoms with E-state index in [2.05, 4.69) is 5.10 Å². The molecule has 0 saturated carbocycles. The third-order valence-corrected chi connectivity index (χ3v) is 4.90. The van der Waals surface area contributed by atoms with E-state index < -0.39 is 0 Å². The standard InChI is InChI=1S/C17H16N4O2S/c1-2-9-19-15(22)14-13(8-10-24-14)21-16(19)18-20(17(21)23)11-12-6-4-3-5-7-12/h3-8,10H,2,9,11H2,1H3. The fourth-order valence-corrected chi connectivity index (χ4v) is 3.74. The molecule has 0 spiro atoms. The Labute approximate surface area is 141 Å². The fraction of sp³-hybridized carbons (Fsp3) is 0.235. The van der Waals surface area contributed by atoms with Crippen LogP contribution in [-0.4, -0.2) is 18.7 Å². The molecule has 3 heterocycles. The number of nitrogens with zero attached hydrogens (tertiary/aromatic N) is 4. The van der Waals surface area contributed by atoms with Crippen molar-refractivity contribution < 1.29 is 0 Å². The Morgan fingerprint density at radius 3 is 2.67 bits per heavy atom. The number of aryl methyl sites for hydroxylation is 1. The molecule has 0 amide bonds. The summed E-state index contributed by atoms with van der Waals surface area (Å²) in [6.45, 7) is 2.92. The van der Waals surface area contributed by atoms with Crippen molar-refractivity contribution in [2.24, 2.45) is 0 Å². The molecule has 4 aromatic rings. The van der Waals surface area contributed by atoms with E-state index >= 15 is 0 Å². The first-order chi connectivity index (χ1) is 11.7. The zero-order valence-electron chi connectivity index (χ0n) is 13.2. The van der Waals surface area contributed by atoms with Crippen molar-refractivity contribution in [3.05, 3.63) is 68.2 Å². The SMILES string of the molecule is CCCn1c(=O)c2sccc2n2c(=O)n(Cc3ccccc3)nc12. The molecule has 4 rings (SSSR count). The molecule has 3 aromatic heterocycles. The molecule has 0 aliphatic heterocycles. The van der Waals surface area contributed by atoms with Crippen molar-refractivity contribution in [3.8, 4) is 0 Å². The lowest BCUT2D eigenvalue weighted by Gasteiger charge is -2.05. The van der Waals surface area contributed by atoms with Crippen LogP contribution >= 0.6 is 11.3 Å². The van der Waals surface area contributed by atoms with Crippen LogP contribution in [0.1, 0.15) is 18.9 Å². The van der Waals surface area contributed by atoms with Gasteiger partial charge >= 0.3 is 5.69 Å². The first-order valence-electron chi connectivity index (χ1n) is 7.84. The van der Waals surface area contributed by atoms with Crippen molar-refractivity contribution >= 4 is 27.3 Å². The Morgan fingerprint density at radius 1 is 1.12 bits per heavy atom. The average Bonchev–Trinajstić information content (AvgIpc) is 3.18. The van der Waals surface area contributed by atoms with E-state index in [1.807, 2.05) is 42.6 Å². The topological polar surface area (TPSA) is 61.3 Å². The molecule has 6 nitrogen and oxygen atoms in total. The van der Waals surface area contributed by atoms with Crippen molar-refractivity contribution in [1.29, 1.82) is 0 Å². The van der Waals surface area contributed by atoms with Crippen LogP contribution in [0.15, 0.2) is 51.4 Å². The summed E-state index contributed by atoms with van der Waals surface area (Å²) in [5, 5.41) is 6.29. The van der Waals surface area contributed by atoms with Gasteiger partial charge in [0.05, 0.1) is 12.1 Å². The van der Waals surface area contributed by atoms with Gasteiger partial charge < -0.3 is 0 Å². The van der Waals surface area contributed by atoms with E-state index in [0.717, 1.165) is 12.0 Å². The minimum atomic E-state index is -0.220. The Kier molecular flexibility index (Phi) is 3.57. The Hall–Kier alpha value is -2.67. The molecule has 0 unspecified atom stereocenters. The number of aromatic nitrogens is 4. The molecule has 0 radical (unpaired) electrons. The Bertz CT molecular complexity index is 1130. The third-order valence-electron chi connectivity index (χ3n) is 4.01. The van der Waals surface area contributed by atoms with Crippen molar-refractivity contribution in [2.75, 3.05) is 0 Å². The highest BCUT2D eigenvalue weighted by Crippen LogP contribution is 2.17. The number of thiophene rings is 1. The fourth-order valence-electron chi connectivity index (χ4n) is 2.92. The zero-order chi connectivity index (χ0) is 16.7. The summed E-state index contributed by atoms with van der Waals surface area (Å²) >= 11 is 1.36. The predicted molar refractivity (Wildman–Crippen MR) is 94.9 cm³/mol. The van der Waals surface area contributed by atoms with Gasteiger partial charge in [0.15, 0.2) is 0 Å². The maximum atomic E-state index is 12.9. The predicted octanol–water partition coefficient (Wildman–Crippen LogP) is 2.33. The van der Waals surface area contributed by atoms with Crippen LogP contribution in [0.3, 0.4) is 0 Å². The summed E-state index contributed by atoms with van der Waals surface area (Å²) in [5.41, 5.74) is 1.33. The largest absolute Gasteiger partial charge is 0.352 e. The van der Waals surface area contributed by atoms with E-state index in [-0.39, 0.29) is 11.2 Å². The van der Waals surface area contributed by atoms with E-state index in [0.29, 0.717) is 29.1 Å². The third kappa shape index (κ3) is 2.20. The van der Waals surface area contributed by atoms with Gasteiger partial charge in [0.2, 0.25) is 5.78 Å². The smallest absolute Gasteiger partial charge is 0.276 e. The van der Waals surface area contributed by atoms with Gasteiger partial charge in [-0.25, -0.2) is 13.9 Å². The minimum Gasteiger partial charge on any atom is -0.276 e. The van der Waals surface area contributed by atoms with Gasteiger partial charge in [-0.05, 0) is 23.4 Å². The summed E-state index contributed by atoms with van der Waals surface area (Å²) in [7, 11) is 0. The van der Waals surface area contributed by atoms with Gasteiger partial charge in [0.1, 0.15) is 4.70 Å². The lowest BCUT2D eigenvalue weighted by molar-refractivity contribution is 0.640. The molecule has 0 aliphatic carbocycles. The second kappa shape index (κ2) is 5.76. The van der Waals surface area contributed by atoms with Gasteiger partial charge in [-0.15, -0.1) is 16.4 Å². The number of benzene rings is 1. The number of rotatable bonds is 4. The number of hydrogen-bond acceptors (Lipinski definition) is 4. The molecule has 0 bridgehead atoms. The van der Waals surface area contributed by atoms with Crippen LogP contribution in [0, 0.1) is 0 Å². The van der Waals surface area contributed by atoms with Crippen LogP contribution < -0.4 is 11.2 Å². The summed E-state index contributed by atoms with van der Waals surface area (Å²) in [6.07, 6.45) is 0.798. The van der Waals surface area contributed by atoms with E-state index in [1.165, 1.54) is 16.0 Å². The second-order valence-corrected chi connectivity index (χ2v) is 6.57. The first-order valence-corrected chi connectivity index (χ1v) is 8.72. The summed E-state index contributed by atoms with van der Waals surface area (Å²) in [6, 6.07) is 11.5. The summed E-state index contributed by atoms with van der Waals surface area (Å²) < 4.78 is 5.17. The van der Waals surface area contributed by atoms with Gasteiger partial charge in [0.25, 0.3) is 5.56 Å². The van der Waals surface area contributed by atoms with Crippen molar-refractivity contribution in [3.63, 3.8) is 0 Å². The highest BCUT2D eigenvalue weighted by Gasteiger charge is 2.17. The molecule has 7 heteroatoms. The highest BCUT2D eigenvalue weighted by atomic mass is 32.1. The molecule has 1 aromatic carbocycles. The lowest BCUT2D eigenvalue weighted by atomic mass is 10.2. The number of hydrogen-bond donors (Lipinski definition) is 0. The van der Waals surface area contributed by atoms with E-state index in [4.69, 9.17) is 0 Å². The average molecular weight is 340 g/mol. The highest BCUT2D eigenvalue weighted by molar-refractivity contribution is 7.17. The monoisotopic (exact) mass is 340 g/mol. The molecule has 0 atom stereocenters. The molecule has 0 fully saturated rings. The van der Waals surface area contributed by atoms with Gasteiger partial charge in [-0.3, -0.25) is 9.36 Å². The van der Waals surface area contributed by atoms with Crippen LogP contribution in [-0.2, 0) is 13.1 Å². The van der Waals surface area contributed by atoms with E-state index in [9.17, 15) is 9.59 Å². The van der Waals surface area contributed by atoms with Crippen LogP contribution in [0.5, 0.6) is 0 Å². The lowest BCUT2D eigenvalue weighted by Crippen LogP contribution is -2.25. The van der Waals surface area contributed by atoms with Crippen LogP contribution in [0.4, 0.5) is 0 Å². The van der Waals surface area contributed by atoms with Gasteiger partial charge in [-0.1, -0.05) is 37.3 Å². The van der Waals surface area contributed by atoms with Crippen LogP contribution in [0.25, 0.3) is 16.0 Å². The second-order valence-electron chi connectivity index (χ2n) is 5.65. The van der Waals surface area contributed by atoms with Gasteiger partial charge in [-0.2, -0.15) is 0 Å². The van der Waals surface area contributed by atoms with Crippen molar-refractivity contribution in [2.45, 2.75) is 26.4 Å². The molecule has 0 saturated heterocycles. The number of fused-ring (bicyclic) bond motifs is 3. The van der Waals surface area contributed by atoms with Crippen LogP contribution in [0.2, 0.25) is 0 Å². The zero-order valence-corrected chi connectivity index (χ0v) is 14.0. The molecule has 0 N–H and O–H groups in total. The maximum Gasteiger partial charge on any atom is 0.352 e. The quantitative estimate of drug-likeness (QED) is 0.573. The van der Waals surface area contributed by atoms with Crippen molar-refractivity contribution in [1.82, 2.24) is 18.7 Å². The molecule has 0 aliphatic rings. The maximum absolute atomic E-state index is 12.9. The van der Waals surface area contributed by atoms with Gasteiger partial charge in [0, 0.05) is 6.54 Å². The summed E-state index contributed by atoms with van der Waals surface area (Å²) in [4.78, 5) is 25.5. The summed E-state index contributed by atoms with van der Waals surface area (Å²) in [5.74, 6) is 0.411.